The quantitative estimate of drug-likeness (QED) is 0.502. The van der Waals surface area contributed by atoms with Gasteiger partial charge in [-0.1, -0.05) is 42.5 Å². The average Bonchev–Trinajstić information content (AvgIpc) is 2.89. The molecule has 1 aromatic heterocycles. The standard InChI is InChI=1S/C27H29N5O3/c1-2-35-27(34)20-13-16-32(17-14-20)25-24(30-22-10-6-7-11-23(22)31-25)21(18-28)26(33)29-15-12-19-8-4-3-5-9-19/h3-11,20-21H,2,12-17H2,1H3,(H,29,33)/t21-/m0/s1. The molecule has 1 fully saturated rings. The molecule has 1 N–H and O–H groups in total. The molecular formula is C27H29N5O3. The summed E-state index contributed by atoms with van der Waals surface area (Å²) in [5, 5.41) is 12.9. The molecule has 1 aliphatic rings. The van der Waals surface area contributed by atoms with Crippen LogP contribution in [0.5, 0.6) is 0 Å². The maximum absolute atomic E-state index is 13.1. The number of benzene rings is 2. The van der Waals surface area contributed by atoms with Crippen molar-refractivity contribution in [1.82, 2.24) is 15.3 Å². The van der Waals surface area contributed by atoms with Gasteiger partial charge in [-0.2, -0.15) is 5.26 Å². The molecule has 0 saturated carbocycles. The number of piperidine rings is 1. The lowest BCUT2D eigenvalue weighted by Crippen LogP contribution is -2.39. The van der Waals surface area contributed by atoms with Gasteiger partial charge in [-0.05, 0) is 43.9 Å². The van der Waals surface area contributed by atoms with E-state index in [2.05, 4.69) is 11.4 Å². The first-order valence-corrected chi connectivity index (χ1v) is 12.0. The van der Waals surface area contributed by atoms with Crippen LogP contribution in [0.25, 0.3) is 11.0 Å². The predicted octanol–water partition coefficient (Wildman–Crippen LogP) is 3.38. The van der Waals surface area contributed by atoms with Gasteiger partial charge in [-0.25, -0.2) is 9.97 Å². The summed E-state index contributed by atoms with van der Waals surface area (Å²) >= 11 is 0. The van der Waals surface area contributed by atoms with Crippen LogP contribution in [0.1, 0.15) is 36.9 Å². The third kappa shape index (κ3) is 5.75. The average molecular weight is 472 g/mol. The largest absolute Gasteiger partial charge is 0.466 e. The minimum absolute atomic E-state index is 0.156. The van der Waals surface area contributed by atoms with Crippen molar-refractivity contribution in [2.75, 3.05) is 31.1 Å². The van der Waals surface area contributed by atoms with Gasteiger partial charge < -0.3 is 15.0 Å². The molecule has 2 heterocycles. The number of anilines is 1. The van der Waals surface area contributed by atoms with Gasteiger partial charge in [0.05, 0.1) is 29.6 Å². The van der Waals surface area contributed by atoms with Crippen molar-refractivity contribution in [2.45, 2.75) is 32.1 Å². The summed E-state index contributed by atoms with van der Waals surface area (Å²) in [7, 11) is 0. The number of para-hydroxylation sites is 2. The van der Waals surface area contributed by atoms with Gasteiger partial charge in [0.2, 0.25) is 5.91 Å². The predicted molar refractivity (Wildman–Crippen MR) is 133 cm³/mol. The highest BCUT2D eigenvalue weighted by molar-refractivity contribution is 5.89. The van der Waals surface area contributed by atoms with Gasteiger partial charge in [0.25, 0.3) is 0 Å². The van der Waals surface area contributed by atoms with Crippen LogP contribution in [-0.2, 0) is 20.7 Å². The van der Waals surface area contributed by atoms with Crippen LogP contribution in [0, 0.1) is 17.2 Å². The number of amides is 1. The Kier molecular flexibility index (Phi) is 7.88. The van der Waals surface area contributed by atoms with Crippen LogP contribution < -0.4 is 10.2 Å². The van der Waals surface area contributed by atoms with Gasteiger partial charge in [-0.3, -0.25) is 9.59 Å². The van der Waals surface area contributed by atoms with Crippen molar-refractivity contribution in [3.8, 4) is 6.07 Å². The van der Waals surface area contributed by atoms with Gasteiger partial charge in [0.1, 0.15) is 5.69 Å². The summed E-state index contributed by atoms with van der Waals surface area (Å²) < 4.78 is 5.18. The zero-order valence-corrected chi connectivity index (χ0v) is 19.8. The molecule has 8 heteroatoms. The molecule has 180 valence electrons. The van der Waals surface area contributed by atoms with E-state index in [-0.39, 0.29) is 11.9 Å². The van der Waals surface area contributed by atoms with E-state index < -0.39 is 11.8 Å². The summed E-state index contributed by atoms with van der Waals surface area (Å²) in [5.41, 5.74) is 2.78. The lowest BCUT2D eigenvalue weighted by Gasteiger charge is -2.33. The van der Waals surface area contributed by atoms with E-state index >= 15 is 0 Å². The number of nitrogens with one attached hydrogen (secondary N) is 1. The summed E-state index contributed by atoms with van der Waals surface area (Å²) in [6, 6.07) is 19.4. The number of ether oxygens (including phenoxy) is 1. The third-order valence-electron chi connectivity index (χ3n) is 6.21. The summed E-state index contributed by atoms with van der Waals surface area (Å²) in [6.07, 6.45) is 1.91. The summed E-state index contributed by atoms with van der Waals surface area (Å²) in [5.74, 6) is -1.30. The van der Waals surface area contributed by atoms with Gasteiger partial charge in [0.15, 0.2) is 11.7 Å². The molecule has 1 atom stereocenters. The number of rotatable bonds is 8. The Morgan fingerprint density at radius 2 is 1.74 bits per heavy atom. The minimum Gasteiger partial charge on any atom is -0.466 e. The van der Waals surface area contributed by atoms with E-state index in [0.29, 0.717) is 68.0 Å². The summed E-state index contributed by atoms with van der Waals surface area (Å²) in [6.45, 7) is 3.72. The second-order valence-corrected chi connectivity index (χ2v) is 8.52. The number of hydrogen-bond donors (Lipinski definition) is 1. The highest BCUT2D eigenvalue weighted by Gasteiger charge is 2.32. The van der Waals surface area contributed by atoms with E-state index in [1.54, 1.807) is 6.92 Å². The highest BCUT2D eigenvalue weighted by atomic mass is 16.5. The Morgan fingerprint density at radius 1 is 1.09 bits per heavy atom. The lowest BCUT2D eigenvalue weighted by atomic mass is 9.96. The fourth-order valence-corrected chi connectivity index (χ4v) is 4.34. The molecule has 0 radical (unpaired) electrons. The molecular weight excluding hydrogens is 442 g/mol. The molecule has 2 aromatic carbocycles. The van der Waals surface area contributed by atoms with E-state index in [0.717, 1.165) is 5.56 Å². The lowest BCUT2D eigenvalue weighted by molar-refractivity contribution is -0.148. The van der Waals surface area contributed by atoms with Crippen molar-refractivity contribution in [3.05, 3.63) is 65.9 Å². The fourth-order valence-electron chi connectivity index (χ4n) is 4.34. The zero-order chi connectivity index (χ0) is 24.6. The first-order valence-electron chi connectivity index (χ1n) is 12.0. The number of carbonyl (C=O) groups excluding carboxylic acids is 2. The number of nitriles is 1. The third-order valence-corrected chi connectivity index (χ3v) is 6.21. The molecule has 3 aromatic rings. The Bertz CT molecular complexity index is 1220. The number of fused-ring (bicyclic) bond motifs is 1. The number of esters is 1. The molecule has 1 amide bonds. The molecule has 8 nitrogen and oxygen atoms in total. The van der Waals surface area contributed by atoms with Crippen LogP contribution in [0.15, 0.2) is 54.6 Å². The number of carbonyl (C=O) groups is 2. The number of nitrogens with zero attached hydrogens (tertiary/aromatic N) is 4. The molecule has 0 spiro atoms. The van der Waals surface area contributed by atoms with E-state index in [1.165, 1.54) is 0 Å². The van der Waals surface area contributed by atoms with Crippen LogP contribution in [-0.4, -0.2) is 48.1 Å². The van der Waals surface area contributed by atoms with E-state index in [4.69, 9.17) is 14.7 Å². The van der Waals surface area contributed by atoms with E-state index in [1.807, 2.05) is 59.5 Å². The number of aromatic nitrogens is 2. The van der Waals surface area contributed by atoms with Crippen LogP contribution >= 0.6 is 0 Å². The topological polar surface area (TPSA) is 108 Å². The molecule has 0 aliphatic carbocycles. The first-order chi connectivity index (χ1) is 17.1. The second-order valence-electron chi connectivity index (χ2n) is 8.52. The Labute approximate surface area is 204 Å². The SMILES string of the molecule is CCOC(=O)C1CCN(c2nc3ccccc3nc2[C@H](C#N)C(=O)NCCc2ccccc2)CC1. The van der Waals surface area contributed by atoms with Crippen LogP contribution in [0.3, 0.4) is 0 Å². The molecule has 1 aliphatic heterocycles. The molecule has 0 unspecified atom stereocenters. The Balaban J connectivity index is 1.55. The van der Waals surface area contributed by atoms with Gasteiger partial charge >= 0.3 is 5.97 Å². The monoisotopic (exact) mass is 471 g/mol. The zero-order valence-electron chi connectivity index (χ0n) is 19.8. The summed E-state index contributed by atoms with van der Waals surface area (Å²) in [4.78, 5) is 36.8. The minimum atomic E-state index is -1.10. The first kappa shape index (κ1) is 24.1. The van der Waals surface area contributed by atoms with Crippen molar-refractivity contribution in [3.63, 3.8) is 0 Å². The normalized spacial score (nSPS) is 14.8. The molecule has 0 bridgehead atoms. The van der Waals surface area contributed by atoms with Crippen LogP contribution in [0.2, 0.25) is 0 Å². The second kappa shape index (κ2) is 11.4. The smallest absolute Gasteiger partial charge is 0.309 e. The van der Waals surface area contributed by atoms with Crippen molar-refractivity contribution in [1.29, 1.82) is 5.26 Å². The van der Waals surface area contributed by atoms with E-state index in [9.17, 15) is 14.9 Å². The van der Waals surface area contributed by atoms with Crippen molar-refractivity contribution < 1.29 is 14.3 Å². The fraction of sp³-hybridized carbons (Fsp3) is 0.370. The maximum atomic E-state index is 13.1. The van der Waals surface area contributed by atoms with Gasteiger partial charge in [-0.15, -0.1) is 0 Å². The molecule has 1 saturated heterocycles. The van der Waals surface area contributed by atoms with Gasteiger partial charge in [0, 0.05) is 19.6 Å². The highest BCUT2D eigenvalue weighted by Crippen LogP contribution is 2.30. The van der Waals surface area contributed by atoms with Crippen molar-refractivity contribution >= 4 is 28.7 Å². The van der Waals surface area contributed by atoms with Crippen molar-refractivity contribution in [2.24, 2.45) is 5.92 Å². The maximum Gasteiger partial charge on any atom is 0.309 e. The molecule has 35 heavy (non-hydrogen) atoms. The Hall–Kier alpha value is -3.99. The molecule has 4 rings (SSSR count). The van der Waals surface area contributed by atoms with Crippen LogP contribution in [0.4, 0.5) is 5.82 Å². The Morgan fingerprint density at radius 3 is 2.40 bits per heavy atom. The number of hydrogen-bond acceptors (Lipinski definition) is 7.